The van der Waals surface area contributed by atoms with Gasteiger partial charge in [0, 0.05) is 49.4 Å². The fourth-order valence-corrected chi connectivity index (χ4v) is 8.64. The Labute approximate surface area is 338 Å². The van der Waals surface area contributed by atoms with E-state index in [4.69, 9.17) is 29.9 Å². The van der Waals surface area contributed by atoms with Crippen molar-refractivity contribution in [2.75, 3.05) is 0 Å². The summed E-state index contributed by atoms with van der Waals surface area (Å²) >= 11 is 0. The van der Waals surface area contributed by atoms with Gasteiger partial charge in [0.15, 0.2) is 29.1 Å². The second-order valence-corrected chi connectivity index (χ2v) is 14.7. The normalized spacial score (nSPS) is 11.7. The van der Waals surface area contributed by atoms with Crippen molar-refractivity contribution < 1.29 is 0 Å². The number of nitrogens with zero attached hydrogens (tertiary/aromatic N) is 7. The van der Waals surface area contributed by atoms with E-state index < -0.39 is 0 Å². The molecule has 9 aromatic carbocycles. The minimum absolute atomic E-state index is 0.552. The molecule has 0 spiro atoms. The van der Waals surface area contributed by atoms with E-state index in [0.29, 0.717) is 35.1 Å². The number of hydrogen-bond donors (Lipinski definition) is 0. The largest absolute Gasteiger partial charge is 0.277 e. The Morgan fingerprint density at radius 1 is 0.305 bits per heavy atom. The van der Waals surface area contributed by atoms with Crippen molar-refractivity contribution >= 4 is 54.1 Å². The van der Waals surface area contributed by atoms with E-state index in [-0.39, 0.29) is 0 Å². The molecule has 0 atom stereocenters. The average Bonchev–Trinajstić information content (AvgIpc) is 3.67. The third kappa shape index (κ3) is 5.29. The number of hydrogen-bond acceptors (Lipinski definition) is 6. The topological polar surface area (TPSA) is 82.3 Å². The van der Waals surface area contributed by atoms with Crippen LogP contribution < -0.4 is 0 Å². The lowest BCUT2D eigenvalue weighted by molar-refractivity contribution is 0.955. The maximum atomic E-state index is 5.25. The molecule has 0 aliphatic heterocycles. The monoisotopic (exact) mass is 753 g/mol. The van der Waals surface area contributed by atoms with Gasteiger partial charge >= 0.3 is 0 Å². The first-order valence-electron chi connectivity index (χ1n) is 19.6. The quantitative estimate of drug-likeness (QED) is 0.157. The molecule has 0 aliphatic carbocycles. The van der Waals surface area contributed by atoms with Gasteiger partial charge in [-0.2, -0.15) is 9.97 Å². The van der Waals surface area contributed by atoms with Gasteiger partial charge in [-0.1, -0.05) is 176 Å². The molecular formula is C52H31N7. The second-order valence-electron chi connectivity index (χ2n) is 14.7. The van der Waals surface area contributed by atoms with Gasteiger partial charge in [0.25, 0.3) is 0 Å². The molecule has 0 saturated heterocycles. The molecule has 0 saturated carbocycles. The number of rotatable bonds is 6. The zero-order valence-electron chi connectivity index (χ0n) is 31.5. The van der Waals surface area contributed by atoms with Crippen LogP contribution in [0.5, 0.6) is 0 Å². The number of fused-ring (bicyclic) bond motifs is 5. The molecular weight excluding hydrogens is 723 g/mol. The molecule has 59 heavy (non-hydrogen) atoms. The predicted octanol–water partition coefficient (Wildman–Crippen LogP) is 12.4. The standard InChI is InChI=1S/C52H31N7/c1-5-17-32(18-6-1)47-53-48(33-19-7-2-8-20-33)56-51(55-47)41-31-36-25-15-28-39-43(36)44-37(41)27-16-29-40(44)46-45(39)38-26-13-14-30-42(38)59(46)52-57-49(34-21-9-3-10-22-34)54-50(58-52)35-23-11-4-12-24-35/h1-31H. The zero-order chi connectivity index (χ0) is 38.9. The third-order valence-corrected chi connectivity index (χ3v) is 11.2. The number of para-hydroxylation sites is 1. The van der Waals surface area contributed by atoms with Crippen LogP contribution in [-0.2, 0) is 0 Å². The Balaban J connectivity index is 1.20. The van der Waals surface area contributed by atoms with E-state index in [1.54, 1.807) is 0 Å². The maximum Gasteiger partial charge on any atom is 0.238 e. The van der Waals surface area contributed by atoms with Crippen LogP contribution in [0, 0.1) is 0 Å². The summed E-state index contributed by atoms with van der Waals surface area (Å²) in [5.41, 5.74) is 6.68. The predicted molar refractivity (Wildman–Crippen MR) is 238 cm³/mol. The fraction of sp³-hybridized carbons (Fsp3) is 0. The molecule has 0 amide bonds. The lowest BCUT2D eigenvalue weighted by Crippen LogP contribution is -2.06. The minimum atomic E-state index is 0.552. The highest BCUT2D eigenvalue weighted by Gasteiger charge is 2.25. The van der Waals surface area contributed by atoms with E-state index in [0.717, 1.165) is 76.6 Å². The SMILES string of the molecule is c1ccc(-c2nc(-c3ccccc3)nc(-c3cc4cccc5c4c4c3cccc4c3c5c4ccccc4n3-c3nc(-c4ccccc4)nc(-c4ccccc4)n3)n2)cc1. The van der Waals surface area contributed by atoms with Gasteiger partial charge in [0.05, 0.1) is 11.0 Å². The highest BCUT2D eigenvalue weighted by molar-refractivity contribution is 6.39. The summed E-state index contributed by atoms with van der Waals surface area (Å²) < 4.78 is 2.23. The Morgan fingerprint density at radius 3 is 1.32 bits per heavy atom. The summed E-state index contributed by atoms with van der Waals surface area (Å²) in [6.07, 6.45) is 0. The Bertz CT molecular complexity index is 3420. The van der Waals surface area contributed by atoms with Crippen molar-refractivity contribution in [1.82, 2.24) is 34.5 Å². The van der Waals surface area contributed by atoms with Gasteiger partial charge in [-0.25, -0.2) is 19.9 Å². The van der Waals surface area contributed by atoms with Crippen molar-refractivity contribution in [3.05, 3.63) is 188 Å². The molecule has 0 unspecified atom stereocenters. The zero-order valence-corrected chi connectivity index (χ0v) is 31.5. The summed E-state index contributed by atoms with van der Waals surface area (Å²) in [6.45, 7) is 0. The first kappa shape index (κ1) is 33.0. The summed E-state index contributed by atoms with van der Waals surface area (Å²) in [4.78, 5) is 30.9. The van der Waals surface area contributed by atoms with Crippen molar-refractivity contribution in [3.8, 4) is 62.9 Å². The van der Waals surface area contributed by atoms with E-state index >= 15 is 0 Å². The summed E-state index contributed by atoms with van der Waals surface area (Å²) in [5.74, 6) is 3.64. The third-order valence-electron chi connectivity index (χ3n) is 11.2. The van der Waals surface area contributed by atoms with Gasteiger partial charge in [-0.3, -0.25) is 4.57 Å². The van der Waals surface area contributed by atoms with Crippen molar-refractivity contribution in [2.45, 2.75) is 0 Å². The molecule has 0 bridgehead atoms. The second kappa shape index (κ2) is 13.2. The van der Waals surface area contributed by atoms with Gasteiger partial charge in [-0.05, 0) is 33.7 Å². The summed E-state index contributed by atoms with van der Waals surface area (Å²) in [7, 11) is 0. The first-order valence-corrected chi connectivity index (χ1v) is 19.6. The van der Waals surface area contributed by atoms with E-state index in [2.05, 4.69) is 71.3 Å². The Morgan fingerprint density at radius 2 is 0.746 bits per heavy atom. The molecule has 274 valence electrons. The molecule has 0 N–H and O–H groups in total. The van der Waals surface area contributed by atoms with Crippen LogP contribution in [0.4, 0.5) is 0 Å². The van der Waals surface area contributed by atoms with Crippen molar-refractivity contribution in [2.24, 2.45) is 0 Å². The number of benzene rings is 9. The van der Waals surface area contributed by atoms with Gasteiger partial charge in [-0.15, -0.1) is 0 Å². The molecule has 0 fully saturated rings. The summed E-state index contributed by atoms with van der Waals surface area (Å²) in [5, 5.41) is 9.03. The van der Waals surface area contributed by atoms with Crippen LogP contribution >= 0.6 is 0 Å². The Kier molecular flexibility index (Phi) is 7.40. The lowest BCUT2D eigenvalue weighted by atomic mass is 9.88. The average molecular weight is 754 g/mol. The highest BCUT2D eigenvalue weighted by atomic mass is 15.2. The lowest BCUT2D eigenvalue weighted by Gasteiger charge is -2.17. The smallest absolute Gasteiger partial charge is 0.238 e. The van der Waals surface area contributed by atoms with Crippen molar-refractivity contribution in [1.29, 1.82) is 0 Å². The van der Waals surface area contributed by atoms with Crippen LogP contribution in [0.15, 0.2) is 188 Å². The molecule has 12 aromatic rings. The molecule has 0 aliphatic rings. The Hall–Kier alpha value is -8.16. The highest BCUT2D eigenvalue weighted by Crippen LogP contribution is 2.47. The molecule has 3 aromatic heterocycles. The number of aromatic nitrogens is 7. The fourth-order valence-electron chi connectivity index (χ4n) is 8.64. The first-order chi connectivity index (χ1) is 29.3. The van der Waals surface area contributed by atoms with Crippen LogP contribution in [0.3, 0.4) is 0 Å². The van der Waals surface area contributed by atoms with Crippen LogP contribution in [-0.4, -0.2) is 34.5 Å². The maximum absolute atomic E-state index is 5.25. The molecule has 7 heteroatoms. The van der Waals surface area contributed by atoms with Crippen LogP contribution in [0.25, 0.3) is 117 Å². The van der Waals surface area contributed by atoms with E-state index in [1.165, 1.54) is 5.39 Å². The van der Waals surface area contributed by atoms with Crippen molar-refractivity contribution in [3.63, 3.8) is 0 Å². The van der Waals surface area contributed by atoms with Crippen LogP contribution in [0.2, 0.25) is 0 Å². The van der Waals surface area contributed by atoms with Gasteiger partial charge in [0.1, 0.15) is 0 Å². The minimum Gasteiger partial charge on any atom is -0.277 e. The summed E-state index contributed by atoms with van der Waals surface area (Å²) in [6, 6.07) is 64.5. The van der Waals surface area contributed by atoms with E-state index in [9.17, 15) is 0 Å². The molecule has 0 radical (unpaired) electrons. The van der Waals surface area contributed by atoms with Gasteiger partial charge < -0.3 is 0 Å². The molecule has 12 rings (SSSR count). The molecule has 3 heterocycles. The van der Waals surface area contributed by atoms with Crippen LogP contribution in [0.1, 0.15) is 0 Å². The van der Waals surface area contributed by atoms with Gasteiger partial charge in [0.2, 0.25) is 5.95 Å². The van der Waals surface area contributed by atoms with E-state index in [1.807, 2.05) is 121 Å². The molecule has 7 nitrogen and oxygen atoms in total.